The van der Waals surface area contributed by atoms with Crippen molar-refractivity contribution in [2.45, 2.75) is 46.2 Å². The Kier molecular flexibility index (Phi) is 5.97. The topological polar surface area (TPSA) is 73.5 Å². The summed E-state index contributed by atoms with van der Waals surface area (Å²) in [6.45, 7) is 6.84. The average molecular weight is 381 g/mol. The molecule has 1 aliphatic heterocycles. The van der Waals surface area contributed by atoms with Crippen LogP contribution in [0.15, 0.2) is 41.2 Å². The van der Waals surface area contributed by atoms with Crippen molar-refractivity contribution in [2.24, 2.45) is 0 Å². The second kappa shape index (κ2) is 8.42. The van der Waals surface area contributed by atoms with Crippen LogP contribution in [0.4, 0.5) is 0 Å². The maximum Gasteiger partial charge on any atom is 0.259 e. The maximum absolute atomic E-state index is 13.1. The number of aryl methyl sites for hydroxylation is 2. The number of carbonyl (C=O) groups excluding carboxylic acids is 2. The molecule has 0 unspecified atom stereocenters. The van der Waals surface area contributed by atoms with Crippen LogP contribution in [0.25, 0.3) is 0 Å². The summed E-state index contributed by atoms with van der Waals surface area (Å²) in [5.41, 5.74) is 2.26. The highest BCUT2D eigenvalue weighted by Crippen LogP contribution is 2.19. The van der Waals surface area contributed by atoms with Crippen molar-refractivity contribution in [1.29, 1.82) is 0 Å². The van der Waals surface area contributed by atoms with Crippen molar-refractivity contribution in [3.05, 3.63) is 69.1 Å². The zero-order valence-corrected chi connectivity index (χ0v) is 16.7. The van der Waals surface area contributed by atoms with Gasteiger partial charge in [-0.3, -0.25) is 14.4 Å². The highest BCUT2D eigenvalue weighted by atomic mass is 16.2. The van der Waals surface area contributed by atoms with E-state index in [2.05, 4.69) is 4.98 Å². The summed E-state index contributed by atoms with van der Waals surface area (Å²) in [7, 11) is 0. The number of nitrogens with zero attached hydrogens (tertiary/aromatic N) is 2. The Balaban J connectivity index is 1.85. The minimum Gasteiger partial charge on any atom is -0.362 e. The van der Waals surface area contributed by atoms with Crippen molar-refractivity contribution in [2.75, 3.05) is 13.1 Å². The first-order valence-electron chi connectivity index (χ1n) is 9.74. The van der Waals surface area contributed by atoms with Gasteiger partial charge in [-0.2, -0.15) is 0 Å². The minimum atomic E-state index is -0.299. The Morgan fingerprint density at radius 2 is 1.89 bits per heavy atom. The van der Waals surface area contributed by atoms with Crippen LogP contribution >= 0.6 is 0 Å². The lowest BCUT2D eigenvalue weighted by atomic mass is 10.1. The van der Waals surface area contributed by atoms with Crippen molar-refractivity contribution in [3.63, 3.8) is 0 Å². The number of benzene rings is 1. The molecule has 2 amide bonds. The lowest BCUT2D eigenvalue weighted by Gasteiger charge is -2.31. The molecule has 0 radical (unpaired) electrons. The zero-order valence-electron chi connectivity index (χ0n) is 16.7. The Morgan fingerprint density at radius 3 is 2.54 bits per heavy atom. The molecule has 148 valence electrons. The van der Waals surface area contributed by atoms with Gasteiger partial charge >= 0.3 is 0 Å². The molecule has 0 aliphatic carbocycles. The van der Waals surface area contributed by atoms with E-state index in [9.17, 15) is 14.4 Å². The summed E-state index contributed by atoms with van der Waals surface area (Å²) in [5.74, 6) is -0.257. The number of pyridine rings is 1. The predicted molar refractivity (Wildman–Crippen MR) is 108 cm³/mol. The van der Waals surface area contributed by atoms with E-state index in [1.54, 1.807) is 18.7 Å². The molecule has 3 rings (SSSR count). The third-order valence-electron chi connectivity index (χ3n) is 5.31. The largest absolute Gasteiger partial charge is 0.362 e. The quantitative estimate of drug-likeness (QED) is 0.885. The van der Waals surface area contributed by atoms with Crippen molar-refractivity contribution in [1.82, 2.24) is 14.8 Å². The van der Waals surface area contributed by atoms with E-state index in [4.69, 9.17) is 0 Å². The monoisotopic (exact) mass is 381 g/mol. The van der Waals surface area contributed by atoms with Crippen molar-refractivity contribution >= 4 is 11.8 Å². The normalized spacial score (nSPS) is 17.5. The Labute approximate surface area is 165 Å². The third-order valence-corrected chi connectivity index (χ3v) is 5.31. The molecule has 1 atom stereocenters. The summed E-state index contributed by atoms with van der Waals surface area (Å²) in [4.78, 5) is 44.9. The molecule has 6 nitrogen and oxygen atoms in total. The minimum absolute atomic E-state index is 0.0422. The molecule has 1 aliphatic rings. The average Bonchev–Trinajstić information content (AvgIpc) is 2.81. The summed E-state index contributed by atoms with van der Waals surface area (Å²) in [6, 6.07) is 11.2. The standard InChI is InChI=1S/C22H27N3O3/c1-4-18-14-24(22(28)21-16(3)23-15(2)12-19(21)26)11-10-20(27)25(18)13-17-8-6-5-7-9-17/h5-9,12,18H,4,10-11,13-14H2,1-3H3,(H,23,26)/t18-/m0/s1. The molecule has 1 saturated heterocycles. The van der Waals surface area contributed by atoms with Gasteiger partial charge in [-0.25, -0.2) is 0 Å². The fourth-order valence-electron chi connectivity index (χ4n) is 3.83. The molecule has 0 saturated carbocycles. The SMILES string of the molecule is CC[C@H]1CN(C(=O)c2c(C)[nH]c(C)cc2=O)CCC(=O)N1Cc1ccccc1. The number of nitrogens with one attached hydrogen (secondary N) is 1. The van der Waals surface area contributed by atoms with Gasteiger partial charge in [0.1, 0.15) is 5.56 Å². The fraction of sp³-hybridized carbons (Fsp3) is 0.409. The van der Waals surface area contributed by atoms with Crippen molar-refractivity contribution < 1.29 is 9.59 Å². The van der Waals surface area contributed by atoms with E-state index >= 15 is 0 Å². The second-order valence-corrected chi connectivity index (χ2v) is 7.39. The second-order valence-electron chi connectivity index (χ2n) is 7.39. The van der Waals surface area contributed by atoms with Gasteiger partial charge in [-0.15, -0.1) is 0 Å². The van der Waals surface area contributed by atoms with E-state index in [1.807, 2.05) is 42.2 Å². The molecular weight excluding hydrogens is 354 g/mol. The summed E-state index contributed by atoms with van der Waals surface area (Å²) < 4.78 is 0. The lowest BCUT2D eigenvalue weighted by molar-refractivity contribution is -0.133. The fourth-order valence-corrected chi connectivity index (χ4v) is 3.83. The van der Waals surface area contributed by atoms with E-state index in [1.165, 1.54) is 6.07 Å². The van der Waals surface area contributed by atoms with E-state index in [0.29, 0.717) is 25.3 Å². The molecule has 6 heteroatoms. The Hall–Kier alpha value is -2.89. The number of amides is 2. The molecule has 2 heterocycles. The van der Waals surface area contributed by atoms with Gasteiger partial charge in [0.05, 0.1) is 0 Å². The molecule has 1 fully saturated rings. The van der Waals surface area contributed by atoms with Gasteiger partial charge in [-0.05, 0) is 25.8 Å². The summed E-state index contributed by atoms with van der Waals surface area (Å²) in [6.07, 6.45) is 1.00. The number of aromatic nitrogens is 1. The van der Waals surface area contributed by atoms with Crippen LogP contribution in [0, 0.1) is 13.8 Å². The molecule has 0 bridgehead atoms. The zero-order chi connectivity index (χ0) is 20.3. The predicted octanol–water partition coefficient (Wildman–Crippen LogP) is 2.65. The van der Waals surface area contributed by atoms with E-state index in [-0.39, 0.29) is 35.3 Å². The molecule has 1 aromatic carbocycles. The van der Waals surface area contributed by atoms with Crippen LogP contribution in [0.3, 0.4) is 0 Å². The first-order valence-corrected chi connectivity index (χ1v) is 9.74. The first kappa shape index (κ1) is 19.9. The van der Waals surface area contributed by atoms with Gasteiger partial charge in [0, 0.05) is 49.6 Å². The molecule has 1 N–H and O–H groups in total. The molecule has 0 spiro atoms. The number of hydrogen-bond acceptors (Lipinski definition) is 3. The highest BCUT2D eigenvalue weighted by molar-refractivity contribution is 5.95. The van der Waals surface area contributed by atoms with Gasteiger partial charge < -0.3 is 14.8 Å². The van der Waals surface area contributed by atoms with E-state index < -0.39 is 0 Å². The summed E-state index contributed by atoms with van der Waals surface area (Å²) >= 11 is 0. The van der Waals surface area contributed by atoms with Crippen LogP contribution in [-0.4, -0.2) is 45.7 Å². The van der Waals surface area contributed by atoms with Gasteiger partial charge in [0.25, 0.3) is 5.91 Å². The third kappa shape index (κ3) is 4.16. The number of hydrogen-bond donors (Lipinski definition) is 1. The number of carbonyl (C=O) groups is 2. The van der Waals surface area contributed by atoms with E-state index in [0.717, 1.165) is 17.7 Å². The lowest BCUT2D eigenvalue weighted by Crippen LogP contribution is -2.44. The van der Waals surface area contributed by atoms with Crippen molar-refractivity contribution in [3.8, 4) is 0 Å². The van der Waals surface area contributed by atoms with Gasteiger partial charge in [0.15, 0.2) is 5.43 Å². The summed E-state index contributed by atoms with van der Waals surface area (Å²) in [5, 5.41) is 0. The van der Waals surface area contributed by atoms with Gasteiger partial charge in [0.2, 0.25) is 5.91 Å². The molecule has 2 aromatic rings. The van der Waals surface area contributed by atoms with Crippen LogP contribution < -0.4 is 5.43 Å². The first-order chi connectivity index (χ1) is 13.4. The Morgan fingerprint density at radius 1 is 1.18 bits per heavy atom. The van der Waals surface area contributed by atoms with Gasteiger partial charge in [-0.1, -0.05) is 37.3 Å². The molecule has 28 heavy (non-hydrogen) atoms. The molecule has 1 aromatic heterocycles. The number of H-pyrrole nitrogens is 1. The van der Waals surface area contributed by atoms with Crippen LogP contribution in [0.1, 0.15) is 47.1 Å². The number of aromatic amines is 1. The van der Waals surface area contributed by atoms with Crippen LogP contribution in [-0.2, 0) is 11.3 Å². The number of rotatable bonds is 4. The Bertz CT molecular complexity index is 920. The smallest absolute Gasteiger partial charge is 0.259 e. The maximum atomic E-state index is 13.1. The van der Waals surface area contributed by atoms with Crippen LogP contribution in [0.2, 0.25) is 0 Å². The molecular formula is C22H27N3O3. The highest BCUT2D eigenvalue weighted by Gasteiger charge is 2.32. The van der Waals surface area contributed by atoms with Crippen LogP contribution in [0.5, 0.6) is 0 Å².